The molecule has 28 atom stereocenters. The van der Waals surface area contributed by atoms with E-state index in [9.17, 15) is 69.0 Å². The van der Waals surface area contributed by atoms with Crippen LogP contribution < -0.4 is 26.6 Å². The number of hydrogen-bond acceptors (Lipinski definition) is 22. The van der Waals surface area contributed by atoms with E-state index < -0.39 is 121 Å². The van der Waals surface area contributed by atoms with Gasteiger partial charge in [0, 0.05) is 77.1 Å². The average molecular weight is 1580 g/mol. The van der Waals surface area contributed by atoms with Crippen LogP contribution in [0.2, 0.25) is 0 Å². The summed E-state index contributed by atoms with van der Waals surface area (Å²) in [6.07, 6.45) is 15.5. The van der Waals surface area contributed by atoms with Gasteiger partial charge in [0.1, 0.15) is 57.4 Å². The molecule has 16 rings (SSSR count). The zero-order valence-corrected chi connectivity index (χ0v) is 67.9. The maximum absolute atomic E-state index is 14.0. The molecular formula is C84H119N5O20S2. The van der Waals surface area contributed by atoms with Gasteiger partial charge in [0.25, 0.3) is 0 Å². The molecule has 6 saturated carbocycles. The third-order valence-electron chi connectivity index (χ3n) is 32.6. The Labute approximate surface area is 659 Å². The molecule has 111 heavy (non-hydrogen) atoms. The van der Waals surface area contributed by atoms with Crippen molar-refractivity contribution >= 4 is 71.0 Å². The van der Waals surface area contributed by atoms with Gasteiger partial charge >= 0.3 is 30.1 Å². The van der Waals surface area contributed by atoms with Crippen LogP contribution in [-0.2, 0) is 52.4 Å². The second-order valence-electron chi connectivity index (χ2n) is 37.4. The molecule has 12 fully saturated rings. The molecule has 0 aromatic rings. The smallest absolute Gasteiger partial charge is 0.407 e. The number of carbonyl (C=O) groups excluding carboxylic acids is 8. The number of unbranched alkanes of at least 4 members (excludes halogenated alkanes) is 5. The van der Waals surface area contributed by atoms with Gasteiger partial charge in [-0.25, -0.2) is 19.2 Å². The second-order valence-corrected chi connectivity index (χ2v) is 39.9. The molecule has 0 bridgehead atoms. The standard InChI is InChI=1S/C45H65N3O11S.C39H54N2O9S/c1-25-22-34(57-37(51)26(25)2)42(5,54)44(56)20-19-43(55)29-23-35-45(59-35)33(16-15-32(50)41(45,4)28(29)17-18-40(43,44)3)58-39(53)46-21-11-7-6-8-12-27(49)13-9-10-14-31-36-30(24-60-31)47-38(52)48-36;1-20-17-29(48-22(3)21(20)2)36(6,45)38(47)16-15-37(46)24-18-30-39(50-30)28(12-11-27(42)35(39,5)23(24)13-14-34(37,38)4)49-31(43)10-8-7-9-26-32-25(19-51-26)40-33(44)41-32/h15-16,28-31,33-36,54-56H,6-14,17-24H2,1-5H3,(H,46,53)(H2,47,48,52);11-12,23-26,28-30,32,45-47H,3,7-10,13-19H2,1-2,4-6H3,(H2,40,41,44)/t28?,29?,30?,31?,33-,34?,35+,36?,40-,41-,42-,43+,44-,45+;23?,24?,25?,26?,28-,29?,30-,32?,34+,35+,36+,37-,38+,39-/m01/s1. The number of Topliss-reactive ketones (excluding diaryl/α,β-unsaturated/α-hetero) is 1. The number of urea groups is 2. The van der Waals surface area contributed by atoms with Gasteiger partial charge in [0.05, 0.1) is 58.4 Å². The Kier molecular flexibility index (Phi) is 20.7. The Bertz CT molecular complexity index is 3980. The van der Waals surface area contributed by atoms with Crippen molar-refractivity contribution in [3.05, 3.63) is 58.9 Å². The van der Waals surface area contributed by atoms with Gasteiger partial charge in [-0.05, 0) is 212 Å². The maximum Gasteiger partial charge on any atom is 0.407 e. The molecule has 0 aromatic carbocycles. The molecule has 8 aliphatic heterocycles. The second kappa shape index (κ2) is 28.5. The number of allylic oxidation sites excluding steroid dienone is 3. The minimum Gasteiger partial charge on any atom is -0.487 e. The van der Waals surface area contributed by atoms with Gasteiger partial charge in [-0.15, -0.1) is 0 Å². The third-order valence-corrected chi connectivity index (χ3v) is 35.7. The summed E-state index contributed by atoms with van der Waals surface area (Å²) in [7, 11) is 0. The number of fused-ring (bicyclic) bond motifs is 10. The number of rotatable bonds is 23. The molecular weight excluding hydrogens is 1460 g/mol. The Hall–Kier alpha value is -5.36. The highest BCUT2D eigenvalue weighted by atomic mass is 32.2. The van der Waals surface area contributed by atoms with Crippen LogP contribution in [0.5, 0.6) is 0 Å². The Morgan fingerprint density at radius 2 is 1.03 bits per heavy atom. The summed E-state index contributed by atoms with van der Waals surface area (Å²) in [6.45, 7) is 22.5. The van der Waals surface area contributed by atoms with Crippen LogP contribution in [0.15, 0.2) is 58.9 Å². The van der Waals surface area contributed by atoms with Crippen molar-refractivity contribution in [1.29, 1.82) is 0 Å². The van der Waals surface area contributed by atoms with Gasteiger partial charge < -0.3 is 85.6 Å². The number of epoxide rings is 2. The van der Waals surface area contributed by atoms with E-state index in [1.807, 2.05) is 72.0 Å². The van der Waals surface area contributed by atoms with Crippen molar-refractivity contribution in [2.45, 2.75) is 346 Å². The highest BCUT2D eigenvalue weighted by Crippen LogP contribution is 2.78. The van der Waals surface area contributed by atoms with Crippen LogP contribution >= 0.6 is 23.5 Å². The lowest BCUT2D eigenvalue weighted by molar-refractivity contribution is -0.283. The van der Waals surface area contributed by atoms with E-state index in [1.54, 1.807) is 26.0 Å². The van der Waals surface area contributed by atoms with E-state index in [4.69, 9.17) is 28.4 Å². The van der Waals surface area contributed by atoms with Crippen molar-refractivity contribution in [1.82, 2.24) is 26.6 Å². The Morgan fingerprint density at radius 3 is 1.51 bits per heavy atom. The fourth-order valence-electron chi connectivity index (χ4n) is 25.2. The number of alkyl carbamates (subject to hydrolysis) is 1. The maximum atomic E-state index is 14.0. The number of cyclic esters (lactones) is 1. The molecule has 5 amide bonds. The molecule has 12 unspecified atom stereocenters. The monoisotopic (exact) mass is 1580 g/mol. The van der Waals surface area contributed by atoms with E-state index in [0.29, 0.717) is 92.6 Å². The normalized spacial score (nSPS) is 46.0. The first-order valence-electron chi connectivity index (χ1n) is 41.4. The lowest BCUT2D eigenvalue weighted by Gasteiger charge is -2.63. The fraction of sp³-hybridized carbons (Fsp3) is 0.786. The number of carbonyl (C=O) groups is 8. The number of nitrogens with one attached hydrogen (secondary N) is 5. The van der Waals surface area contributed by atoms with Crippen molar-refractivity contribution in [3.63, 3.8) is 0 Å². The first-order valence-corrected chi connectivity index (χ1v) is 43.5. The van der Waals surface area contributed by atoms with E-state index in [2.05, 4.69) is 33.2 Å². The summed E-state index contributed by atoms with van der Waals surface area (Å²) < 4.78 is 37.0. The van der Waals surface area contributed by atoms with Gasteiger partial charge in [-0.2, -0.15) is 23.5 Å². The highest BCUT2D eigenvalue weighted by molar-refractivity contribution is 8.00. The molecule has 25 nitrogen and oxygen atoms in total. The van der Waals surface area contributed by atoms with Crippen molar-refractivity contribution in [3.8, 4) is 0 Å². The predicted molar refractivity (Wildman–Crippen MR) is 411 cm³/mol. The van der Waals surface area contributed by atoms with E-state index in [-0.39, 0.29) is 116 Å². The lowest BCUT2D eigenvalue weighted by atomic mass is 9.42. The molecule has 2 spiro atoms. The molecule has 8 aliphatic carbocycles. The number of hydrogen-bond donors (Lipinski definition) is 11. The van der Waals surface area contributed by atoms with E-state index >= 15 is 0 Å². The van der Waals surface area contributed by atoms with Gasteiger partial charge in [0.15, 0.2) is 23.8 Å². The SMILES string of the molecule is C=C1OC([C@](C)(O)[C@]2(O)CC[C@@]3(O)C4C[C@H]5O[C@]56[C@H](OC(=O)CCCCC5SCC7NC(=O)NC75)C=CC(=O)[C@]6(C)C4CC[C@]23C)CC(C)=C1C.CC1=C(C)C(=O)OC([C@](C)(O)[C@]2(O)CC[C@@]3(O)C4C[C@H]5O[C@]56[C@@H](OC(=O)NCCCCCCC(=O)CCCCC5SCC7NC(=O)NC75)C=CC(=O)[C@]6(C)C4CC[C@]23C)C1. The molecule has 16 aliphatic rings. The largest absolute Gasteiger partial charge is 0.487 e. The molecule has 8 heterocycles. The number of thioether (sulfide) groups is 2. The van der Waals surface area contributed by atoms with Crippen molar-refractivity contribution in [2.24, 2.45) is 45.3 Å². The van der Waals surface area contributed by atoms with Crippen LogP contribution in [0.3, 0.4) is 0 Å². The number of amides is 5. The van der Waals surface area contributed by atoms with Gasteiger partial charge in [-0.3, -0.25) is 19.2 Å². The van der Waals surface area contributed by atoms with Crippen molar-refractivity contribution < 1.29 is 97.4 Å². The molecule has 27 heteroatoms. The number of aliphatic hydroxyl groups is 6. The highest BCUT2D eigenvalue weighted by Gasteiger charge is 2.87. The van der Waals surface area contributed by atoms with Crippen molar-refractivity contribution in [2.75, 3.05) is 18.1 Å². The summed E-state index contributed by atoms with van der Waals surface area (Å²) in [6, 6.07) is 0.550. The summed E-state index contributed by atoms with van der Waals surface area (Å²) in [5.41, 5.74) is -13.2. The predicted octanol–water partition coefficient (Wildman–Crippen LogP) is 8.69. The average Bonchev–Trinajstić information content (AvgIpc) is 1.49. The summed E-state index contributed by atoms with van der Waals surface area (Å²) in [5.74, 6) is 0.0633. The molecule has 0 aromatic heterocycles. The molecule has 612 valence electrons. The number of esters is 2. The van der Waals surface area contributed by atoms with Crippen LogP contribution in [0.4, 0.5) is 14.4 Å². The van der Waals surface area contributed by atoms with Gasteiger partial charge in [0.2, 0.25) is 0 Å². The zero-order valence-electron chi connectivity index (χ0n) is 66.3. The topological polar surface area (TPSA) is 380 Å². The third kappa shape index (κ3) is 12.0. The lowest BCUT2D eigenvalue weighted by Crippen LogP contribution is -2.73. The van der Waals surface area contributed by atoms with Gasteiger partial charge in [-0.1, -0.05) is 57.3 Å². The molecule has 11 N–H and O–H groups in total. The summed E-state index contributed by atoms with van der Waals surface area (Å²) in [4.78, 5) is 103. The minimum absolute atomic E-state index is 0.0739. The van der Waals surface area contributed by atoms with Crippen LogP contribution in [0.1, 0.15) is 230 Å². The Morgan fingerprint density at radius 1 is 0.577 bits per heavy atom. The minimum atomic E-state index is -1.88. The van der Waals surface area contributed by atoms with Crippen LogP contribution in [0.25, 0.3) is 0 Å². The number of ketones is 3. The quantitative estimate of drug-likeness (QED) is 0.0150. The first-order chi connectivity index (χ1) is 52.3. The zero-order chi connectivity index (χ0) is 79.6. The van der Waals surface area contributed by atoms with Crippen LogP contribution in [-0.4, -0.2) is 212 Å². The number of ether oxygens (including phenoxy) is 6. The first kappa shape index (κ1) is 80.8. The summed E-state index contributed by atoms with van der Waals surface area (Å²) >= 11 is 3.75. The fourth-order valence-corrected chi connectivity index (χ4v) is 28.3. The van der Waals surface area contributed by atoms with E-state index in [0.717, 1.165) is 86.0 Å². The van der Waals surface area contributed by atoms with Crippen LogP contribution in [0, 0.1) is 45.3 Å². The summed E-state index contributed by atoms with van der Waals surface area (Å²) in [5, 5.41) is 91.0. The molecule has 6 saturated heterocycles. The molecule has 0 radical (unpaired) electrons. The van der Waals surface area contributed by atoms with E-state index in [1.165, 1.54) is 19.1 Å². The Balaban J connectivity index is 0.000000178.